The SMILES string of the molecule is Cc1ccc(-c2noc(CN(C)C(=O)c3c(Cl)cccc3Cl)n2)cc1. The molecule has 0 N–H and O–H groups in total. The molecule has 0 aliphatic rings. The molecule has 0 bridgehead atoms. The fraction of sp³-hybridized carbons (Fsp3) is 0.167. The summed E-state index contributed by atoms with van der Waals surface area (Å²) in [6, 6.07) is 12.7. The molecule has 0 fully saturated rings. The van der Waals surface area contributed by atoms with Gasteiger partial charge in [0.1, 0.15) is 0 Å². The molecule has 0 saturated carbocycles. The van der Waals surface area contributed by atoms with Gasteiger partial charge in [-0.15, -0.1) is 0 Å². The second kappa shape index (κ2) is 7.25. The van der Waals surface area contributed by atoms with E-state index >= 15 is 0 Å². The fourth-order valence-electron chi connectivity index (χ4n) is 2.31. The Labute approximate surface area is 155 Å². The van der Waals surface area contributed by atoms with Crippen molar-refractivity contribution in [2.45, 2.75) is 13.5 Å². The minimum absolute atomic E-state index is 0.152. The van der Waals surface area contributed by atoms with Crippen LogP contribution in [0.3, 0.4) is 0 Å². The number of rotatable bonds is 4. The highest BCUT2D eigenvalue weighted by molar-refractivity contribution is 6.39. The minimum Gasteiger partial charge on any atom is -0.337 e. The van der Waals surface area contributed by atoms with Crippen molar-refractivity contribution in [3.8, 4) is 11.4 Å². The van der Waals surface area contributed by atoms with Gasteiger partial charge in [-0.25, -0.2) is 0 Å². The summed E-state index contributed by atoms with van der Waals surface area (Å²) >= 11 is 12.2. The van der Waals surface area contributed by atoms with Crippen molar-refractivity contribution in [3.63, 3.8) is 0 Å². The van der Waals surface area contributed by atoms with Gasteiger partial charge in [0.2, 0.25) is 11.7 Å². The number of carbonyl (C=O) groups excluding carboxylic acids is 1. The largest absolute Gasteiger partial charge is 0.337 e. The lowest BCUT2D eigenvalue weighted by Gasteiger charge is -2.16. The van der Waals surface area contributed by atoms with E-state index in [0.29, 0.717) is 21.8 Å². The Balaban J connectivity index is 1.76. The smallest absolute Gasteiger partial charge is 0.257 e. The summed E-state index contributed by atoms with van der Waals surface area (Å²) in [6.45, 7) is 2.16. The molecule has 7 heteroatoms. The maximum Gasteiger partial charge on any atom is 0.257 e. The van der Waals surface area contributed by atoms with E-state index < -0.39 is 0 Å². The average Bonchev–Trinajstić information content (AvgIpc) is 3.03. The molecule has 25 heavy (non-hydrogen) atoms. The van der Waals surface area contributed by atoms with Crippen LogP contribution in [0.4, 0.5) is 0 Å². The molecule has 1 heterocycles. The topological polar surface area (TPSA) is 59.2 Å². The van der Waals surface area contributed by atoms with Crippen LogP contribution in [0.2, 0.25) is 10.0 Å². The first-order chi connectivity index (χ1) is 12.0. The maximum atomic E-state index is 12.6. The van der Waals surface area contributed by atoms with Gasteiger partial charge in [-0.3, -0.25) is 4.79 Å². The van der Waals surface area contributed by atoms with E-state index in [1.807, 2.05) is 31.2 Å². The van der Waals surface area contributed by atoms with Gasteiger partial charge >= 0.3 is 0 Å². The summed E-state index contributed by atoms with van der Waals surface area (Å²) in [5.41, 5.74) is 2.25. The first-order valence-corrected chi connectivity index (χ1v) is 8.30. The normalized spacial score (nSPS) is 10.7. The first kappa shape index (κ1) is 17.5. The number of amides is 1. The van der Waals surface area contributed by atoms with Crippen molar-refractivity contribution in [1.82, 2.24) is 15.0 Å². The lowest BCUT2D eigenvalue weighted by atomic mass is 10.1. The Morgan fingerprint density at radius 3 is 2.40 bits per heavy atom. The second-order valence-electron chi connectivity index (χ2n) is 5.64. The monoisotopic (exact) mass is 375 g/mol. The molecule has 5 nitrogen and oxygen atoms in total. The van der Waals surface area contributed by atoms with Gasteiger partial charge in [-0.1, -0.05) is 64.3 Å². The number of hydrogen-bond donors (Lipinski definition) is 0. The van der Waals surface area contributed by atoms with Gasteiger partial charge < -0.3 is 9.42 Å². The molecule has 3 rings (SSSR count). The Morgan fingerprint density at radius 2 is 1.76 bits per heavy atom. The van der Waals surface area contributed by atoms with Gasteiger partial charge in [0.25, 0.3) is 5.91 Å². The number of nitrogens with zero attached hydrogens (tertiary/aromatic N) is 3. The molecule has 0 saturated heterocycles. The van der Waals surface area contributed by atoms with Crippen molar-refractivity contribution >= 4 is 29.1 Å². The van der Waals surface area contributed by atoms with Gasteiger partial charge in [0.05, 0.1) is 22.2 Å². The van der Waals surface area contributed by atoms with Crippen LogP contribution in [0.25, 0.3) is 11.4 Å². The van der Waals surface area contributed by atoms with Crippen molar-refractivity contribution < 1.29 is 9.32 Å². The molecule has 1 amide bonds. The van der Waals surface area contributed by atoms with Crippen LogP contribution in [0, 0.1) is 6.92 Å². The molecule has 0 atom stereocenters. The molecule has 2 aromatic carbocycles. The summed E-state index contributed by atoms with van der Waals surface area (Å²) < 4.78 is 5.25. The summed E-state index contributed by atoms with van der Waals surface area (Å²) in [5, 5.41) is 4.56. The molecule has 0 aliphatic heterocycles. The Kier molecular flexibility index (Phi) is 5.06. The number of benzene rings is 2. The zero-order valence-corrected chi connectivity index (χ0v) is 15.2. The Morgan fingerprint density at radius 1 is 1.12 bits per heavy atom. The molecule has 0 radical (unpaired) electrons. The van der Waals surface area contributed by atoms with Gasteiger partial charge in [-0.2, -0.15) is 4.98 Å². The molecule has 1 aromatic heterocycles. The van der Waals surface area contributed by atoms with Crippen molar-refractivity contribution in [2.75, 3.05) is 7.05 Å². The number of halogens is 2. The third-order valence-electron chi connectivity index (χ3n) is 3.67. The standard InChI is InChI=1S/C18H15Cl2N3O2/c1-11-6-8-12(9-7-11)17-21-15(25-22-17)10-23(2)18(24)16-13(19)4-3-5-14(16)20/h3-9H,10H2,1-2H3. The average molecular weight is 376 g/mol. The zero-order valence-electron chi connectivity index (χ0n) is 13.7. The number of hydrogen-bond acceptors (Lipinski definition) is 4. The number of carbonyl (C=O) groups is 1. The molecule has 0 unspecified atom stereocenters. The van der Waals surface area contributed by atoms with Crippen LogP contribution in [0.15, 0.2) is 47.0 Å². The highest BCUT2D eigenvalue weighted by Crippen LogP contribution is 2.26. The highest BCUT2D eigenvalue weighted by Gasteiger charge is 2.20. The van der Waals surface area contributed by atoms with E-state index in [4.69, 9.17) is 27.7 Å². The summed E-state index contributed by atoms with van der Waals surface area (Å²) in [5.74, 6) is 0.493. The molecular weight excluding hydrogens is 361 g/mol. The number of aryl methyl sites for hydroxylation is 1. The zero-order chi connectivity index (χ0) is 18.0. The summed E-state index contributed by atoms with van der Waals surface area (Å²) in [4.78, 5) is 18.3. The van der Waals surface area contributed by atoms with E-state index in [-0.39, 0.29) is 18.0 Å². The van der Waals surface area contributed by atoms with Crippen molar-refractivity contribution in [1.29, 1.82) is 0 Å². The third kappa shape index (κ3) is 3.83. The van der Waals surface area contributed by atoms with Crippen LogP contribution in [-0.4, -0.2) is 28.0 Å². The minimum atomic E-state index is -0.314. The predicted octanol–water partition coefficient (Wildman–Crippen LogP) is 4.62. The molecule has 3 aromatic rings. The van der Waals surface area contributed by atoms with E-state index in [1.54, 1.807) is 25.2 Å². The van der Waals surface area contributed by atoms with Crippen LogP contribution >= 0.6 is 23.2 Å². The van der Waals surface area contributed by atoms with Gasteiger partial charge in [0.15, 0.2) is 0 Å². The highest BCUT2D eigenvalue weighted by atomic mass is 35.5. The van der Waals surface area contributed by atoms with Gasteiger partial charge in [0, 0.05) is 12.6 Å². The molecular formula is C18H15Cl2N3O2. The lowest BCUT2D eigenvalue weighted by molar-refractivity contribution is 0.0770. The summed E-state index contributed by atoms with van der Waals surface area (Å²) in [6.07, 6.45) is 0. The number of aromatic nitrogens is 2. The Hall–Kier alpha value is -2.37. The maximum absolute atomic E-state index is 12.6. The molecule has 0 aliphatic carbocycles. The summed E-state index contributed by atoms with van der Waals surface area (Å²) in [7, 11) is 1.62. The Bertz CT molecular complexity index is 887. The van der Waals surface area contributed by atoms with E-state index in [1.165, 1.54) is 4.90 Å². The van der Waals surface area contributed by atoms with E-state index in [0.717, 1.165) is 11.1 Å². The quantitative estimate of drug-likeness (QED) is 0.667. The lowest BCUT2D eigenvalue weighted by Crippen LogP contribution is -2.27. The predicted molar refractivity (Wildman–Crippen MR) is 96.7 cm³/mol. The van der Waals surface area contributed by atoms with E-state index in [9.17, 15) is 4.79 Å². The first-order valence-electron chi connectivity index (χ1n) is 7.55. The molecule has 128 valence electrons. The van der Waals surface area contributed by atoms with Crippen molar-refractivity contribution in [3.05, 3.63) is 69.5 Å². The van der Waals surface area contributed by atoms with Gasteiger partial charge in [-0.05, 0) is 19.1 Å². The van der Waals surface area contributed by atoms with E-state index in [2.05, 4.69) is 10.1 Å². The van der Waals surface area contributed by atoms with Crippen molar-refractivity contribution in [2.24, 2.45) is 0 Å². The third-order valence-corrected chi connectivity index (χ3v) is 4.30. The second-order valence-corrected chi connectivity index (χ2v) is 6.45. The van der Waals surface area contributed by atoms with Crippen LogP contribution < -0.4 is 0 Å². The fourth-order valence-corrected chi connectivity index (χ4v) is 2.87. The molecule has 0 spiro atoms. The van der Waals surface area contributed by atoms with Crippen LogP contribution in [0.1, 0.15) is 21.8 Å². The van der Waals surface area contributed by atoms with Crippen LogP contribution in [0.5, 0.6) is 0 Å². The van der Waals surface area contributed by atoms with Crippen LogP contribution in [-0.2, 0) is 6.54 Å².